The summed E-state index contributed by atoms with van der Waals surface area (Å²) in [7, 11) is 0. The monoisotopic (exact) mass is 294 g/mol. The molecular formula is C13H15ClN4O2. The fourth-order valence-electron chi connectivity index (χ4n) is 1.84. The largest absolute Gasteiger partial charge is 0.476 e. The zero-order chi connectivity index (χ0) is 14.5. The van der Waals surface area contributed by atoms with Crippen molar-refractivity contribution < 1.29 is 9.90 Å². The van der Waals surface area contributed by atoms with Gasteiger partial charge in [-0.15, -0.1) is 5.10 Å². The lowest BCUT2D eigenvalue weighted by Gasteiger charge is -2.15. The Balaban J connectivity index is 1.86. The number of aromatic carboxylic acids is 1. The van der Waals surface area contributed by atoms with Gasteiger partial charge >= 0.3 is 5.97 Å². The van der Waals surface area contributed by atoms with Crippen LogP contribution in [0.3, 0.4) is 0 Å². The molecule has 106 valence electrons. The van der Waals surface area contributed by atoms with Gasteiger partial charge in [0.1, 0.15) is 0 Å². The third-order valence-corrected chi connectivity index (χ3v) is 3.27. The molecule has 6 nitrogen and oxygen atoms in total. The third-order valence-electron chi connectivity index (χ3n) is 2.92. The smallest absolute Gasteiger partial charge is 0.358 e. The number of benzene rings is 1. The second kappa shape index (κ2) is 6.49. The lowest BCUT2D eigenvalue weighted by Crippen LogP contribution is -2.23. The van der Waals surface area contributed by atoms with E-state index in [-0.39, 0.29) is 11.7 Å². The average molecular weight is 295 g/mol. The van der Waals surface area contributed by atoms with Crippen LogP contribution in [0.25, 0.3) is 0 Å². The van der Waals surface area contributed by atoms with E-state index in [0.717, 1.165) is 10.6 Å². The van der Waals surface area contributed by atoms with Crippen LogP contribution in [0.1, 0.15) is 29.0 Å². The molecule has 20 heavy (non-hydrogen) atoms. The van der Waals surface area contributed by atoms with Crippen LogP contribution in [0.5, 0.6) is 0 Å². The zero-order valence-corrected chi connectivity index (χ0v) is 11.7. The van der Waals surface area contributed by atoms with Crippen LogP contribution >= 0.6 is 11.6 Å². The Kier molecular flexibility index (Phi) is 4.70. The van der Waals surface area contributed by atoms with Crippen molar-refractivity contribution in [3.63, 3.8) is 0 Å². The summed E-state index contributed by atoms with van der Waals surface area (Å²) in [6.45, 7) is 3.19. The number of carboxylic acids is 1. The molecule has 1 unspecified atom stereocenters. The van der Waals surface area contributed by atoms with Crippen LogP contribution in [0.2, 0.25) is 5.02 Å². The molecule has 0 aliphatic rings. The number of aromatic nitrogens is 3. The van der Waals surface area contributed by atoms with E-state index in [1.54, 1.807) is 0 Å². The minimum atomic E-state index is -1.08. The van der Waals surface area contributed by atoms with Crippen LogP contribution in [0.4, 0.5) is 0 Å². The normalized spacial score (nSPS) is 12.3. The summed E-state index contributed by atoms with van der Waals surface area (Å²) >= 11 is 6.12. The molecule has 0 bridgehead atoms. The highest BCUT2D eigenvalue weighted by Gasteiger charge is 2.10. The van der Waals surface area contributed by atoms with Crippen molar-refractivity contribution in [2.45, 2.75) is 19.5 Å². The standard InChI is InChI=1S/C13H15ClN4O2/c1-9(10-4-2-3-5-11(10)14)15-6-7-18-8-12(13(19)20)16-17-18/h2-5,8-9,15H,6-7H2,1H3,(H,19,20). The topological polar surface area (TPSA) is 80.0 Å². The van der Waals surface area contributed by atoms with Crippen LogP contribution < -0.4 is 5.32 Å². The summed E-state index contributed by atoms with van der Waals surface area (Å²) in [4.78, 5) is 10.7. The second-order valence-electron chi connectivity index (χ2n) is 4.37. The van der Waals surface area contributed by atoms with Gasteiger partial charge in [0.25, 0.3) is 0 Å². The minimum Gasteiger partial charge on any atom is -0.476 e. The van der Waals surface area contributed by atoms with Gasteiger partial charge in [-0.2, -0.15) is 0 Å². The van der Waals surface area contributed by atoms with E-state index in [1.165, 1.54) is 10.9 Å². The first kappa shape index (κ1) is 14.5. The highest BCUT2D eigenvalue weighted by molar-refractivity contribution is 6.31. The van der Waals surface area contributed by atoms with Crippen LogP contribution in [0, 0.1) is 0 Å². The molecule has 2 aromatic rings. The summed E-state index contributed by atoms with van der Waals surface area (Å²) in [6, 6.07) is 7.76. The first-order valence-corrected chi connectivity index (χ1v) is 6.57. The van der Waals surface area contributed by atoms with Crippen molar-refractivity contribution in [3.8, 4) is 0 Å². The van der Waals surface area contributed by atoms with Crippen molar-refractivity contribution in [1.82, 2.24) is 20.3 Å². The van der Waals surface area contributed by atoms with Crippen LogP contribution in [-0.4, -0.2) is 32.6 Å². The van der Waals surface area contributed by atoms with Crippen molar-refractivity contribution in [2.24, 2.45) is 0 Å². The van der Waals surface area contributed by atoms with Gasteiger partial charge in [-0.05, 0) is 18.6 Å². The van der Waals surface area contributed by atoms with Crippen molar-refractivity contribution >= 4 is 17.6 Å². The molecule has 1 atom stereocenters. The molecule has 0 radical (unpaired) electrons. The molecule has 1 aromatic heterocycles. The summed E-state index contributed by atoms with van der Waals surface area (Å²) in [5.74, 6) is -1.08. The number of hydrogen-bond acceptors (Lipinski definition) is 4. The molecule has 0 aliphatic carbocycles. The number of hydrogen-bond donors (Lipinski definition) is 2. The van der Waals surface area contributed by atoms with Gasteiger partial charge in [0.2, 0.25) is 0 Å². The molecule has 1 heterocycles. The van der Waals surface area contributed by atoms with E-state index in [0.29, 0.717) is 13.1 Å². The number of nitrogens with zero attached hydrogens (tertiary/aromatic N) is 3. The molecule has 2 N–H and O–H groups in total. The Bertz CT molecular complexity index is 600. The molecule has 2 rings (SSSR count). The summed E-state index contributed by atoms with van der Waals surface area (Å²) in [5, 5.41) is 20.1. The highest BCUT2D eigenvalue weighted by Crippen LogP contribution is 2.21. The van der Waals surface area contributed by atoms with Gasteiger partial charge in [0.15, 0.2) is 5.69 Å². The summed E-state index contributed by atoms with van der Waals surface area (Å²) in [6.07, 6.45) is 1.41. The first-order chi connectivity index (χ1) is 9.58. The molecule has 1 aromatic carbocycles. The predicted molar refractivity (Wildman–Crippen MR) is 74.9 cm³/mol. The van der Waals surface area contributed by atoms with Crippen molar-refractivity contribution in [3.05, 3.63) is 46.7 Å². The average Bonchev–Trinajstić information content (AvgIpc) is 2.88. The maximum Gasteiger partial charge on any atom is 0.358 e. The summed E-state index contributed by atoms with van der Waals surface area (Å²) in [5.41, 5.74) is 0.975. The summed E-state index contributed by atoms with van der Waals surface area (Å²) < 4.78 is 1.50. The number of halogens is 1. The second-order valence-corrected chi connectivity index (χ2v) is 4.78. The molecule has 0 fully saturated rings. The molecule has 7 heteroatoms. The number of carboxylic acid groups (broad SMARTS) is 1. The molecule has 0 aliphatic heterocycles. The molecule has 0 saturated heterocycles. The SMILES string of the molecule is CC(NCCn1cc(C(=O)O)nn1)c1ccccc1Cl. The van der Waals surface area contributed by atoms with Gasteiger partial charge < -0.3 is 10.4 Å². The fourth-order valence-corrected chi connectivity index (χ4v) is 2.14. The first-order valence-electron chi connectivity index (χ1n) is 6.19. The lowest BCUT2D eigenvalue weighted by atomic mass is 10.1. The van der Waals surface area contributed by atoms with Gasteiger partial charge in [-0.3, -0.25) is 4.68 Å². The van der Waals surface area contributed by atoms with E-state index in [1.807, 2.05) is 31.2 Å². The Morgan fingerprint density at radius 3 is 2.90 bits per heavy atom. The van der Waals surface area contributed by atoms with Gasteiger partial charge in [-0.1, -0.05) is 35.0 Å². The van der Waals surface area contributed by atoms with Crippen molar-refractivity contribution in [2.75, 3.05) is 6.54 Å². The molecular weight excluding hydrogens is 280 g/mol. The zero-order valence-electron chi connectivity index (χ0n) is 11.0. The lowest BCUT2D eigenvalue weighted by molar-refractivity contribution is 0.0690. The minimum absolute atomic E-state index is 0.0517. The highest BCUT2D eigenvalue weighted by atomic mass is 35.5. The maximum atomic E-state index is 10.7. The van der Waals surface area contributed by atoms with Gasteiger partial charge in [0.05, 0.1) is 12.7 Å². The molecule has 0 saturated carbocycles. The predicted octanol–water partition coefficient (Wildman–Crippen LogP) is 1.98. The van der Waals surface area contributed by atoms with E-state index < -0.39 is 5.97 Å². The number of rotatable bonds is 6. The Labute approximate surface area is 121 Å². The van der Waals surface area contributed by atoms with Crippen LogP contribution in [-0.2, 0) is 6.54 Å². The van der Waals surface area contributed by atoms with E-state index >= 15 is 0 Å². The number of nitrogens with one attached hydrogen (secondary N) is 1. The third kappa shape index (κ3) is 3.55. The van der Waals surface area contributed by atoms with E-state index in [2.05, 4.69) is 15.6 Å². The fraction of sp³-hybridized carbons (Fsp3) is 0.308. The van der Waals surface area contributed by atoms with Gasteiger partial charge in [-0.25, -0.2) is 4.79 Å². The van der Waals surface area contributed by atoms with Crippen molar-refractivity contribution in [1.29, 1.82) is 0 Å². The quantitative estimate of drug-likeness (QED) is 0.851. The molecule has 0 amide bonds. The Morgan fingerprint density at radius 2 is 2.25 bits per heavy atom. The van der Waals surface area contributed by atoms with Gasteiger partial charge in [0, 0.05) is 17.6 Å². The van der Waals surface area contributed by atoms with E-state index in [9.17, 15) is 4.79 Å². The van der Waals surface area contributed by atoms with E-state index in [4.69, 9.17) is 16.7 Å². The Morgan fingerprint density at radius 1 is 1.50 bits per heavy atom. The maximum absolute atomic E-state index is 10.7. The Hall–Kier alpha value is -1.92. The number of carbonyl (C=O) groups is 1. The molecule has 0 spiro atoms. The van der Waals surface area contributed by atoms with Crippen LogP contribution in [0.15, 0.2) is 30.5 Å².